The highest BCUT2D eigenvalue weighted by Crippen LogP contribution is 2.39. The summed E-state index contributed by atoms with van der Waals surface area (Å²) in [7, 11) is 0. The molecule has 4 aromatic rings. The molecule has 0 spiro atoms. The zero-order valence-corrected chi connectivity index (χ0v) is 14.5. The molecule has 28 heavy (non-hydrogen) atoms. The second-order valence-corrected chi connectivity index (χ2v) is 6.07. The van der Waals surface area contributed by atoms with Crippen molar-refractivity contribution in [1.82, 2.24) is 30.0 Å². The van der Waals surface area contributed by atoms with Crippen LogP contribution in [0.5, 0.6) is 0 Å². The summed E-state index contributed by atoms with van der Waals surface area (Å²) in [5.74, 6) is -0.696. The van der Waals surface area contributed by atoms with Gasteiger partial charge in [0.1, 0.15) is 5.82 Å². The molecule has 0 aliphatic heterocycles. The average molecular weight is 409 g/mol. The maximum atomic E-state index is 13.9. The standard InChI is InChI=1S/C17H9ClF4N6/c18-13-3-1-2-4-14(13)28-15(17(20,21)22)12(9-23-28)16-24-25-26-27(16)11-7-5-10(19)6-8-11/h1-9H. The zero-order chi connectivity index (χ0) is 19.9. The number of halogens is 5. The fourth-order valence-corrected chi connectivity index (χ4v) is 2.92. The van der Waals surface area contributed by atoms with Crippen LogP contribution < -0.4 is 0 Å². The first-order valence-corrected chi connectivity index (χ1v) is 8.19. The van der Waals surface area contributed by atoms with Crippen LogP contribution in [0.4, 0.5) is 17.6 Å². The number of alkyl halides is 3. The normalized spacial score (nSPS) is 11.8. The van der Waals surface area contributed by atoms with Crippen LogP contribution in [0.2, 0.25) is 5.02 Å². The lowest BCUT2D eigenvalue weighted by atomic mass is 10.2. The van der Waals surface area contributed by atoms with E-state index in [1.165, 1.54) is 24.3 Å². The van der Waals surface area contributed by atoms with Crippen LogP contribution in [0.25, 0.3) is 22.8 Å². The van der Waals surface area contributed by atoms with Crippen molar-refractivity contribution in [3.8, 4) is 22.8 Å². The molecule has 0 fully saturated rings. The van der Waals surface area contributed by atoms with E-state index < -0.39 is 17.7 Å². The number of benzene rings is 2. The van der Waals surface area contributed by atoms with E-state index in [0.29, 0.717) is 10.4 Å². The van der Waals surface area contributed by atoms with Gasteiger partial charge in [-0.1, -0.05) is 23.7 Å². The van der Waals surface area contributed by atoms with Crippen molar-refractivity contribution < 1.29 is 17.6 Å². The Morgan fingerprint density at radius 1 is 0.929 bits per heavy atom. The van der Waals surface area contributed by atoms with Crippen molar-refractivity contribution in [3.63, 3.8) is 0 Å². The van der Waals surface area contributed by atoms with Gasteiger partial charge in [-0.2, -0.15) is 23.0 Å². The molecule has 0 amide bonds. The third-order valence-corrected chi connectivity index (χ3v) is 4.22. The van der Waals surface area contributed by atoms with Crippen molar-refractivity contribution in [1.29, 1.82) is 0 Å². The van der Waals surface area contributed by atoms with Gasteiger partial charge >= 0.3 is 6.18 Å². The van der Waals surface area contributed by atoms with Gasteiger partial charge in [-0.25, -0.2) is 9.07 Å². The highest BCUT2D eigenvalue weighted by Gasteiger charge is 2.40. The molecule has 0 aliphatic carbocycles. The molecule has 0 N–H and O–H groups in total. The minimum absolute atomic E-state index is 0.0588. The molecule has 0 radical (unpaired) electrons. The van der Waals surface area contributed by atoms with Crippen molar-refractivity contribution in [2.45, 2.75) is 6.18 Å². The summed E-state index contributed by atoms with van der Waals surface area (Å²) in [6.45, 7) is 0. The van der Waals surface area contributed by atoms with Crippen molar-refractivity contribution in [2.75, 3.05) is 0 Å². The highest BCUT2D eigenvalue weighted by atomic mass is 35.5. The van der Waals surface area contributed by atoms with Crippen LogP contribution in [-0.2, 0) is 6.18 Å². The summed E-state index contributed by atoms with van der Waals surface area (Å²) in [5, 5.41) is 14.8. The van der Waals surface area contributed by atoms with Crippen LogP contribution in [0, 0.1) is 5.82 Å². The van der Waals surface area contributed by atoms with Gasteiger partial charge in [0.15, 0.2) is 11.5 Å². The molecule has 0 atom stereocenters. The van der Waals surface area contributed by atoms with E-state index >= 15 is 0 Å². The minimum atomic E-state index is -4.77. The van der Waals surface area contributed by atoms with Crippen LogP contribution in [0.1, 0.15) is 5.69 Å². The first-order valence-electron chi connectivity index (χ1n) is 7.81. The molecule has 2 heterocycles. The number of tetrazole rings is 1. The van der Waals surface area contributed by atoms with Crippen molar-refractivity contribution >= 4 is 11.6 Å². The largest absolute Gasteiger partial charge is 0.434 e. The second kappa shape index (κ2) is 6.71. The molecule has 11 heteroatoms. The molecular weight excluding hydrogens is 400 g/mol. The SMILES string of the molecule is Fc1ccc(-n2nnnc2-c2cnn(-c3ccccc3Cl)c2C(F)(F)F)cc1. The number of nitrogens with zero attached hydrogens (tertiary/aromatic N) is 6. The Bertz CT molecular complexity index is 1130. The molecule has 0 bridgehead atoms. The maximum Gasteiger partial charge on any atom is 0.434 e. The Morgan fingerprint density at radius 3 is 2.32 bits per heavy atom. The first kappa shape index (κ1) is 18.1. The quantitative estimate of drug-likeness (QED) is 0.473. The van der Waals surface area contributed by atoms with Gasteiger partial charge in [-0.05, 0) is 46.8 Å². The lowest BCUT2D eigenvalue weighted by Crippen LogP contribution is -2.15. The van der Waals surface area contributed by atoms with E-state index in [2.05, 4.69) is 20.6 Å². The van der Waals surface area contributed by atoms with Crippen LogP contribution in [0.3, 0.4) is 0 Å². The lowest BCUT2D eigenvalue weighted by Gasteiger charge is -2.13. The fraction of sp³-hybridized carbons (Fsp3) is 0.0588. The minimum Gasteiger partial charge on any atom is -0.226 e. The second-order valence-electron chi connectivity index (χ2n) is 5.66. The topological polar surface area (TPSA) is 61.4 Å². The van der Waals surface area contributed by atoms with E-state index in [1.54, 1.807) is 12.1 Å². The molecule has 0 unspecified atom stereocenters. The molecule has 0 saturated carbocycles. The number of hydrogen-bond donors (Lipinski definition) is 0. The summed E-state index contributed by atoms with van der Waals surface area (Å²) in [6, 6.07) is 11.0. The highest BCUT2D eigenvalue weighted by molar-refractivity contribution is 6.32. The summed E-state index contributed by atoms with van der Waals surface area (Å²) in [4.78, 5) is 0. The molecule has 2 aromatic heterocycles. The van der Waals surface area contributed by atoms with Crippen LogP contribution in [0.15, 0.2) is 54.7 Å². The van der Waals surface area contributed by atoms with Gasteiger partial charge in [-0.3, -0.25) is 0 Å². The van der Waals surface area contributed by atoms with E-state index in [-0.39, 0.29) is 22.1 Å². The van der Waals surface area contributed by atoms with E-state index in [1.807, 2.05) is 0 Å². The van der Waals surface area contributed by atoms with E-state index in [0.717, 1.165) is 23.0 Å². The summed E-state index contributed by atoms with van der Waals surface area (Å²) >= 11 is 6.05. The monoisotopic (exact) mass is 408 g/mol. The average Bonchev–Trinajstić information content (AvgIpc) is 3.29. The Hall–Kier alpha value is -3.27. The maximum absolute atomic E-state index is 13.9. The molecule has 0 saturated heterocycles. The Labute approximate surface area is 160 Å². The van der Waals surface area contributed by atoms with E-state index in [4.69, 9.17) is 11.6 Å². The molecular formula is C17H9ClF4N6. The number of hydrogen-bond acceptors (Lipinski definition) is 4. The predicted octanol–water partition coefficient (Wildman–Crippen LogP) is 4.33. The molecule has 6 nitrogen and oxygen atoms in total. The van der Waals surface area contributed by atoms with E-state index in [9.17, 15) is 17.6 Å². The summed E-state index contributed by atoms with van der Waals surface area (Å²) < 4.78 is 56.7. The number of rotatable bonds is 3. The van der Waals surface area contributed by atoms with Gasteiger partial charge in [0.05, 0.1) is 28.2 Å². The summed E-state index contributed by atoms with van der Waals surface area (Å²) in [5.41, 5.74) is -1.08. The van der Waals surface area contributed by atoms with Gasteiger partial charge in [-0.15, -0.1) is 5.10 Å². The Balaban J connectivity index is 1.93. The Morgan fingerprint density at radius 2 is 1.64 bits per heavy atom. The van der Waals surface area contributed by atoms with Crippen LogP contribution in [-0.4, -0.2) is 30.0 Å². The van der Waals surface area contributed by atoms with Gasteiger partial charge < -0.3 is 0 Å². The number of aromatic nitrogens is 6. The third-order valence-electron chi connectivity index (χ3n) is 3.90. The lowest BCUT2D eigenvalue weighted by molar-refractivity contribution is -0.142. The smallest absolute Gasteiger partial charge is 0.226 e. The van der Waals surface area contributed by atoms with Gasteiger partial charge in [0.2, 0.25) is 0 Å². The zero-order valence-electron chi connectivity index (χ0n) is 13.8. The van der Waals surface area contributed by atoms with Gasteiger partial charge in [0.25, 0.3) is 0 Å². The fourth-order valence-electron chi connectivity index (χ4n) is 2.70. The van der Waals surface area contributed by atoms with Crippen molar-refractivity contribution in [3.05, 3.63) is 71.3 Å². The first-order chi connectivity index (χ1) is 13.4. The molecule has 4 rings (SSSR count). The van der Waals surface area contributed by atoms with Crippen LogP contribution >= 0.6 is 11.6 Å². The molecule has 142 valence electrons. The van der Waals surface area contributed by atoms with Crippen molar-refractivity contribution in [2.24, 2.45) is 0 Å². The van der Waals surface area contributed by atoms with Gasteiger partial charge in [0, 0.05) is 0 Å². The molecule has 0 aliphatic rings. The third kappa shape index (κ3) is 3.11. The predicted molar refractivity (Wildman–Crippen MR) is 91.7 cm³/mol. The number of para-hydroxylation sites is 1. The summed E-state index contributed by atoms with van der Waals surface area (Å²) in [6.07, 6.45) is -3.76. The Kier molecular flexibility index (Phi) is 4.34. The molecule has 2 aromatic carbocycles.